The third kappa shape index (κ3) is 6.56. The highest BCUT2D eigenvalue weighted by Crippen LogP contribution is 2.33. The van der Waals surface area contributed by atoms with Gasteiger partial charge in [0.25, 0.3) is 0 Å². The van der Waals surface area contributed by atoms with Crippen molar-refractivity contribution in [3.63, 3.8) is 0 Å². The first kappa shape index (κ1) is 22.8. The molecular formula is C19H27F3N2O3S. The minimum Gasteiger partial charge on any atom is -0.598 e. The monoisotopic (exact) mass is 420 g/mol. The van der Waals surface area contributed by atoms with E-state index in [0.717, 1.165) is 5.56 Å². The highest BCUT2D eigenvalue weighted by molar-refractivity contribution is 7.90. The Morgan fingerprint density at radius 3 is 2.54 bits per heavy atom. The largest absolute Gasteiger partial charge is 0.598 e. The molecule has 1 amide bonds. The zero-order valence-corrected chi connectivity index (χ0v) is 17.1. The van der Waals surface area contributed by atoms with Gasteiger partial charge in [0, 0.05) is 30.4 Å². The van der Waals surface area contributed by atoms with Crippen LogP contribution in [0.4, 0.5) is 18.0 Å². The Morgan fingerprint density at radius 2 is 1.96 bits per heavy atom. The maximum atomic E-state index is 13.6. The predicted octanol–water partition coefficient (Wildman–Crippen LogP) is 4.02. The van der Waals surface area contributed by atoms with Crippen molar-refractivity contribution in [2.45, 2.75) is 57.2 Å². The van der Waals surface area contributed by atoms with E-state index in [1.54, 1.807) is 32.9 Å². The number of carbonyl (C=O) groups is 1. The van der Waals surface area contributed by atoms with Crippen molar-refractivity contribution < 1.29 is 27.3 Å². The normalized spacial score (nSPS) is 20.5. The van der Waals surface area contributed by atoms with Crippen LogP contribution in [0.5, 0.6) is 0 Å². The summed E-state index contributed by atoms with van der Waals surface area (Å²) in [5, 5.41) is 0. The predicted molar refractivity (Wildman–Crippen MR) is 102 cm³/mol. The van der Waals surface area contributed by atoms with E-state index in [1.807, 2.05) is 18.2 Å². The van der Waals surface area contributed by atoms with Gasteiger partial charge >= 0.3 is 12.3 Å². The Bertz CT molecular complexity index is 638. The number of nitrogens with one attached hydrogen (secondary N) is 1. The highest BCUT2D eigenvalue weighted by Gasteiger charge is 2.50. The average molecular weight is 420 g/mol. The number of carbonyl (C=O) groups excluding carboxylic acids is 1. The minimum absolute atomic E-state index is 0.0653. The fourth-order valence-corrected chi connectivity index (χ4v) is 3.89. The molecule has 1 heterocycles. The summed E-state index contributed by atoms with van der Waals surface area (Å²) >= 11 is -1.87. The molecule has 5 nitrogen and oxygen atoms in total. The Hall–Kier alpha value is -1.45. The molecule has 1 N–H and O–H groups in total. The first-order chi connectivity index (χ1) is 13.0. The van der Waals surface area contributed by atoms with Gasteiger partial charge < -0.3 is 14.2 Å². The molecule has 28 heavy (non-hydrogen) atoms. The van der Waals surface area contributed by atoms with E-state index in [2.05, 4.69) is 4.72 Å². The summed E-state index contributed by atoms with van der Waals surface area (Å²) in [6.07, 6.45) is -4.48. The summed E-state index contributed by atoms with van der Waals surface area (Å²) in [5.74, 6) is -0.885. The van der Waals surface area contributed by atoms with Gasteiger partial charge in [-0.25, -0.2) is 4.79 Å². The molecule has 1 saturated heterocycles. The summed E-state index contributed by atoms with van der Waals surface area (Å²) in [7, 11) is 0. The number of rotatable bonds is 5. The summed E-state index contributed by atoms with van der Waals surface area (Å²) in [4.78, 5) is 13.6. The molecule has 9 heteroatoms. The summed E-state index contributed by atoms with van der Waals surface area (Å²) in [6, 6.07) is 7.13. The molecule has 1 aromatic carbocycles. The molecule has 1 fully saturated rings. The van der Waals surface area contributed by atoms with E-state index in [1.165, 1.54) is 4.90 Å². The first-order valence-corrected chi connectivity index (χ1v) is 10.3. The number of likely N-dealkylation sites (tertiary alicyclic amines) is 1. The van der Waals surface area contributed by atoms with E-state index in [9.17, 15) is 22.5 Å². The van der Waals surface area contributed by atoms with Crippen LogP contribution in [-0.2, 0) is 22.7 Å². The standard InChI is InChI=1S/C19H27F3N2O3S/c1-18(2,3)28(26)23-16(19(20,21)22)15-10-7-11-24(12-15)17(25)27-13-14-8-5-4-6-9-14/h4-6,8-9,15-16,23H,7,10-13H2,1-3H3/t15?,16-,28?/m1/s1. The molecule has 158 valence electrons. The maximum absolute atomic E-state index is 13.6. The number of hydrogen-bond donors (Lipinski definition) is 1. The molecule has 1 aliphatic heterocycles. The SMILES string of the molecule is CC(C)(C)[S+]([O-])N[C@H](C1CCCN(C(=O)OCc2ccccc2)C1)C(F)(F)F. The average Bonchev–Trinajstić information content (AvgIpc) is 2.63. The smallest absolute Gasteiger partial charge is 0.410 e. The summed E-state index contributed by atoms with van der Waals surface area (Å²) in [5.41, 5.74) is 0.805. The van der Waals surface area contributed by atoms with Gasteiger partial charge in [-0.1, -0.05) is 30.3 Å². The van der Waals surface area contributed by atoms with Crippen molar-refractivity contribution in [2.24, 2.45) is 5.92 Å². The van der Waals surface area contributed by atoms with Crippen molar-refractivity contribution in [1.82, 2.24) is 9.62 Å². The van der Waals surface area contributed by atoms with E-state index in [0.29, 0.717) is 19.4 Å². The second-order valence-electron chi connectivity index (χ2n) is 7.91. The van der Waals surface area contributed by atoms with Gasteiger partial charge in [-0.05, 0) is 39.2 Å². The number of hydrogen-bond acceptors (Lipinski definition) is 4. The molecular weight excluding hydrogens is 393 g/mol. The number of halogens is 3. The van der Waals surface area contributed by atoms with Gasteiger partial charge in [0.15, 0.2) is 6.04 Å². The van der Waals surface area contributed by atoms with Crippen molar-refractivity contribution in [3.05, 3.63) is 35.9 Å². The lowest BCUT2D eigenvalue weighted by atomic mass is 9.91. The number of ether oxygens (including phenoxy) is 1. The lowest BCUT2D eigenvalue weighted by molar-refractivity contribution is -0.166. The van der Waals surface area contributed by atoms with Gasteiger partial charge in [-0.15, -0.1) is 4.72 Å². The van der Waals surface area contributed by atoms with Crippen LogP contribution in [0.2, 0.25) is 0 Å². The quantitative estimate of drug-likeness (QED) is 0.731. The molecule has 3 atom stereocenters. The molecule has 2 rings (SSSR count). The van der Waals surface area contributed by atoms with Crippen LogP contribution >= 0.6 is 0 Å². The highest BCUT2D eigenvalue weighted by atomic mass is 32.2. The number of nitrogens with zero attached hydrogens (tertiary/aromatic N) is 1. The molecule has 0 spiro atoms. The van der Waals surface area contributed by atoms with Gasteiger partial charge in [0.2, 0.25) is 0 Å². The fourth-order valence-electron chi connectivity index (χ4n) is 2.98. The van der Waals surface area contributed by atoms with Crippen LogP contribution in [0.25, 0.3) is 0 Å². The zero-order valence-electron chi connectivity index (χ0n) is 16.3. The second-order valence-corrected chi connectivity index (χ2v) is 9.90. The van der Waals surface area contributed by atoms with Gasteiger partial charge in [0.1, 0.15) is 11.4 Å². The topological polar surface area (TPSA) is 64.6 Å². The molecule has 1 aromatic rings. The van der Waals surface area contributed by atoms with Crippen LogP contribution < -0.4 is 4.72 Å². The van der Waals surface area contributed by atoms with E-state index in [4.69, 9.17) is 4.74 Å². The molecule has 0 aromatic heterocycles. The van der Waals surface area contributed by atoms with Gasteiger partial charge in [-0.2, -0.15) is 13.2 Å². The fraction of sp³-hybridized carbons (Fsp3) is 0.632. The third-order valence-corrected chi connectivity index (χ3v) is 6.12. The van der Waals surface area contributed by atoms with Crippen LogP contribution in [-0.4, -0.2) is 45.6 Å². The lowest BCUT2D eigenvalue weighted by Crippen LogP contribution is -2.57. The van der Waals surface area contributed by atoms with Gasteiger partial charge in [0.05, 0.1) is 0 Å². The van der Waals surface area contributed by atoms with Crippen LogP contribution in [0.15, 0.2) is 30.3 Å². The maximum Gasteiger partial charge on any atom is 0.410 e. The number of amides is 1. The van der Waals surface area contributed by atoms with E-state index < -0.39 is 40.3 Å². The zero-order chi connectivity index (χ0) is 20.9. The minimum atomic E-state index is -4.57. The van der Waals surface area contributed by atoms with Crippen LogP contribution in [0.3, 0.4) is 0 Å². The third-order valence-electron chi connectivity index (χ3n) is 4.54. The van der Waals surface area contributed by atoms with Crippen molar-refractivity contribution in [2.75, 3.05) is 13.1 Å². The second kappa shape index (κ2) is 9.37. The van der Waals surface area contributed by atoms with Crippen molar-refractivity contribution in [1.29, 1.82) is 0 Å². The number of alkyl halides is 3. The molecule has 0 bridgehead atoms. The summed E-state index contributed by atoms with van der Waals surface area (Å²) < 4.78 is 59.8. The first-order valence-electron chi connectivity index (χ1n) is 9.19. The van der Waals surface area contributed by atoms with E-state index in [-0.39, 0.29) is 13.2 Å². The van der Waals surface area contributed by atoms with Gasteiger partial charge in [-0.3, -0.25) is 0 Å². The van der Waals surface area contributed by atoms with Crippen LogP contribution in [0, 0.1) is 5.92 Å². The Kier molecular flexibility index (Phi) is 7.64. The van der Waals surface area contributed by atoms with Crippen LogP contribution in [0.1, 0.15) is 39.2 Å². The number of benzene rings is 1. The Labute approximate surface area is 166 Å². The number of piperidine rings is 1. The van der Waals surface area contributed by atoms with Crippen molar-refractivity contribution in [3.8, 4) is 0 Å². The summed E-state index contributed by atoms with van der Waals surface area (Å²) in [6.45, 7) is 5.14. The Morgan fingerprint density at radius 1 is 1.32 bits per heavy atom. The molecule has 2 unspecified atom stereocenters. The molecule has 0 saturated carbocycles. The molecule has 0 aliphatic carbocycles. The lowest BCUT2D eigenvalue weighted by Gasteiger charge is -2.38. The van der Waals surface area contributed by atoms with E-state index >= 15 is 0 Å². The molecule has 0 radical (unpaired) electrons. The Balaban J connectivity index is 2.01. The molecule has 1 aliphatic rings. The van der Waals surface area contributed by atoms with Crippen molar-refractivity contribution >= 4 is 17.5 Å².